The molecule has 0 N–H and O–H groups in total. The van der Waals surface area contributed by atoms with E-state index in [1.165, 1.54) is 10.4 Å². The zero-order chi connectivity index (χ0) is 18.5. The largest absolute Gasteiger partial charge is 0.334 e. The lowest BCUT2D eigenvalue weighted by Gasteiger charge is -2.35. The van der Waals surface area contributed by atoms with Gasteiger partial charge in [0.1, 0.15) is 0 Å². The highest BCUT2D eigenvalue weighted by atomic mass is 32.1. The number of nitrogens with zero attached hydrogens (tertiary/aromatic N) is 3. The summed E-state index contributed by atoms with van der Waals surface area (Å²) in [5.41, 5.74) is 1.41. The van der Waals surface area contributed by atoms with Gasteiger partial charge in [-0.25, -0.2) is 0 Å². The molecule has 1 amide bonds. The standard InChI is InChI=1S/C22H29N3OS/c26-22(25-11-4-8-20(25)21-9-5-17-27-21)18-24-15-13-23(14-16-24)12-10-19-6-2-1-3-7-19/h1-3,5-7,9,17,20H,4,8,10-16,18H2. The minimum absolute atomic E-state index is 0.309. The van der Waals surface area contributed by atoms with Crippen molar-refractivity contribution in [3.8, 4) is 0 Å². The summed E-state index contributed by atoms with van der Waals surface area (Å²) in [7, 11) is 0. The van der Waals surface area contributed by atoms with E-state index < -0.39 is 0 Å². The Labute approximate surface area is 166 Å². The second-order valence-corrected chi connectivity index (χ2v) is 8.59. The van der Waals surface area contributed by atoms with Crippen LogP contribution in [0.2, 0.25) is 0 Å². The molecule has 2 aromatic rings. The molecular formula is C22H29N3OS. The van der Waals surface area contributed by atoms with E-state index >= 15 is 0 Å². The van der Waals surface area contributed by atoms with Gasteiger partial charge in [-0.1, -0.05) is 36.4 Å². The molecule has 0 saturated carbocycles. The summed E-state index contributed by atoms with van der Waals surface area (Å²) >= 11 is 1.78. The minimum Gasteiger partial charge on any atom is -0.334 e. The van der Waals surface area contributed by atoms with Gasteiger partial charge in [-0.2, -0.15) is 0 Å². The molecule has 0 radical (unpaired) electrons. The van der Waals surface area contributed by atoms with Crippen LogP contribution in [0.25, 0.3) is 0 Å². The molecule has 1 aromatic heterocycles. The lowest BCUT2D eigenvalue weighted by atomic mass is 10.1. The molecule has 5 heteroatoms. The molecule has 27 heavy (non-hydrogen) atoms. The quantitative estimate of drug-likeness (QED) is 0.766. The Bertz CT molecular complexity index is 710. The number of benzene rings is 1. The van der Waals surface area contributed by atoms with Gasteiger partial charge in [-0.05, 0) is 36.3 Å². The summed E-state index contributed by atoms with van der Waals surface area (Å²) in [4.78, 5) is 21.2. The molecule has 0 bridgehead atoms. The number of thiophene rings is 1. The molecule has 2 aliphatic heterocycles. The number of piperazine rings is 1. The summed E-state index contributed by atoms with van der Waals surface area (Å²) < 4.78 is 0. The van der Waals surface area contributed by atoms with Crippen LogP contribution in [0, 0.1) is 0 Å². The van der Waals surface area contributed by atoms with Crippen molar-refractivity contribution >= 4 is 17.2 Å². The molecule has 4 rings (SSSR count). The molecule has 2 saturated heterocycles. The van der Waals surface area contributed by atoms with Crippen LogP contribution in [0.15, 0.2) is 47.8 Å². The summed E-state index contributed by atoms with van der Waals surface area (Å²) in [6.07, 6.45) is 3.34. The van der Waals surface area contributed by atoms with E-state index in [-0.39, 0.29) is 0 Å². The first-order valence-electron chi connectivity index (χ1n) is 10.1. The predicted molar refractivity (Wildman–Crippen MR) is 111 cm³/mol. The number of likely N-dealkylation sites (tertiary alicyclic amines) is 1. The maximum absolute atomic E-state index is 12.9. The first-order valence-corrected chi connectivity index (χ1v) is 11.0. The summed E-state index contributed by atoms with van der Waals surface area (Å²) in [6, 6.07) is 15.3. The Morgan fingerprint density at radius 2 is 1.74 bits per heavy atom. The maximum Gasteiger partial charge on any atom is 0.237 e. The zero-order valence-corrected chi connectivity index (χ0v) is 16.7. The number of hydrogen-bond donors (Lipinski definition) is 0. The van der Waals surface area contributed by atoms with Gasteiger partial charge in [0.05, 0.1) is 12.6 Å². The molecule has 144 valence electrons. The second kappa shape index (κ2) is 9.00. The molecule has 1 aromatic carbocycles. The average Bonchev–Trinajstić information content (AvgIpc) is 3.39. The number of amides is 1. The summed E-state index contributed by atoms with van der Waals surface area (Å²) in [5.74, 6) is 0.309. The third kappa shape index (κ3) is 4.78. The van der Waals surface area contributed by atoms with Gasteiger partial charge in [0.15, 0.2) is 0 Å². The normalized spacial score (nSPS) is 21.6. The smallest absolute Gasteiger partial charge is 0.237 e. The van der Waals surface area contributed by atoms with Crippen LogP contribution < -0.4 is 0 Å². The van der Waals surface area contributed by atoms with Crippen molar-refractivity contribution in [3.05, 3.63) is 58.3 Å². The maximum atomic E-state index is 12.9. The number of carbonyl (C=O) groups excluding carboxylic acids is 1. The fourth-order valence-electron chi connectivity index (χ4n) is 4.23. The first kappa shape index (κ1) is 18.7. The van der Waals surface area contributed by atoms with E-state index in [9.17, 15) is 4.79 Å². The Kier molecular flexibility index (Phi) is 6.22. The molecule has 1 unspecified atom stereocenters. The first-order chi connectivity index (χ1) is 13.3. The lowest BCUT2D eigenvalue weighted by molar-refractivity contribution is -0.133. The molecule has 4 nitrogen and oxygen atoms in total. The third-order valence-corrected chi connectivity index (χ3v) is 6.80. The Morgan fingerprint density at radius 1 is 0.963 bits per heavy atom. The van der Waals surface area contributed by atoms with Gasteiger partial charge in [0, 0.05) is 44.1 Å². The summed E-state index contributed by atoms with van der Waals surface area (Å²) in [5, 5.41) is 2.12. The third-order valence-electron chi connectivity index (χ3n) is 5.83. The van der Waals surface area contributed by atoms with Gasteiger partial charge in [-0.3, -0.25) is 9.69 Å². The molecule has 1 atom stereocenters. The van der Waals surface area contributed by atoms with Crippen LogP contribution in [-0.2, 0) is 11.2 Å². The van der Waals surface area contributed by atoms with E-state index in [0.29, 0.717) is 18.5 Å². The number of carbonyl (C=O) groups is 1. The fraction of sp³-hybridized carbons (Fsp3) is 0.500. The van der Waals surface area contributed by atoms with E-state index in [4.69, 9.17) is 0 Å². The van der Waals surface area contributed by atoms with E-state index in [2.05, 4.69) is 62.5 Å². The van der Waals surface area contributed by atoms with Crippen molar-refractivity contribution in [3.63, 3.8) is 0 Å². The fourth-order valence-corrected chi connectivity index (χ4v) is 5.10. The van der Waals surface area contributed by atoms with E-state index in [1.54, 1.807) is 11.3 Å². The average molecular weight is 384 g/mol. The Morgan fingerprint density at radius 3 is 2.48 bits per heavy atom. The summed E-state index contributed by atoms with van der Waals surface area (Å²) in [6.45, 7) is 6.73. The molecular weight excluding hydrogens is 354 g/mol. The molecule has 2 fully saturated rings. The Hall–Kier alpha value is -1.69. The van der Waals surface area contributed by atoms with Gasteiger partial charge in [0.2, 0.25) is 5.91 Å². The van der Waals surface area contributed by atoms with E-state index in [0.717, 1.165) is 58.5 Å². The number of rotatable bonds is 6. The van der Waals surface area contributed by atoms with Crippen LogP contribution in [0.3, 0.4) is 0 Å². The van der Waals surface area contributed by atoms with Crippen molar-refractivity contribution in [2.24, 2.45) is 0 Å². The molecule has 2 aliphatic rings. The Balaban J connectivity index is 1.22. The van der Waals surface area contributed by atoms with Crippen LogP contribution in [-0.4, -0.2) is 66.4 Å². The van der Waals surface area contributed by atoms with Gasteiger partial charge >= 0.3 is 0 Å². The SMILES string of the molecule is O=C(CN1CCN(CCc2ccccc2)CC1)N1CCCC1c1cccs1. The predicted octanol–water partition coefficient (Wildman–Crippen LogP) is 3.27. The van der Waals surface area contributed by atoms with Crippen LogP contribution in [0.4, 0.5) is 0 Å². The molecule has 0 spiro atoms. The highest BCUT2D eigenvalue weighted by Gasteiger charge is 2.31. The van der Waals surface area contributed by atoms with Gasteiger partial charge in [0.25, 0.3) is 0 Å². The minimum atomic E-state index is 0.309. The van der Waals surface area contributed by atoms with Crippen LogP contribution in [0.5, 0.6) is 0 Å². The van der Waals surface area contributed by atoms with Gasteiger partial charge in [-0.15, -0.1) is 11.3 Å². The van der Waals surface area contributed by atoms with Crippen molar-refractivity contribution in [1.82, 2.24) is 14.7 Å². The van der Waals surface area contributed by atoms with E-state index in [1.807, 2.05) is 0 Å². The highest BCUT2D eigenvalue weighted by Crippen LogP contribution is 2.34. The molecule has 3 heterocycles. The van der Waals surface area contributed by atoms with Crippen molar-refractivity contribution in [2.45, 2.75) is 25.3 Å². The second-order valence-electron chi connectivity index (χ2n) is 7.61. The van der Waals surface area contributed by atoms with Gasteiger partial charge < -0.3 is 9.80 Å². The topological polar surface area (TPSA) is 26.8 Å². The number of hydrogen-bond acceptors (Lipinski definition) is 4. The monoisotopic (exact) mass is 383 g/mol. The lowest BCUT2D eigenvalue weighted by Crippen LogP contribution is -2.50. The molecule has 0 aliphatic carbocycles. The van der Waals surface area contributed by atoms with Crippen LogP contribution in [0.1, 0.15) is 29.3 Å². The van der Waals surface area contributed by atoms with Crippen molar-refractivity contribution in [1.29, 1.82) is 0 Å². The highest BCUT2D eigenvalue weighted by molar-refractivity contribution is 7.10. The van der Waals surface area contributed by atoms with Crippen LogP contribution >= 0.6 is 11.3 Å². The van der Waals surface area contributed by atoms with Crippen molar-refractivity contribution < 1.29 is 4.79 Å². The zero-order valence-electron chi connectivity index (χ0n) is 15.9. The van der Waals surface area contributed by atoms with Crippen molar-refractivity contribution in [2.75, 3.05) is 45.8 Å².